The van der Waals surface area contributed by atoms with Gasteiger partial charge in [-0.05, 0) is 48.2 Å². The minimum absolute atomic E-state index is 0.428. The number of nitrogens with two attached hydrogens (primary N) is 2. The summed E-state index contributed by atoms with van der Waals surface area (Å²) in [6, 6.07) is 7.90. The van der Waals surface area contributed by atoms with Gasteiger partial charge in [-0.1, -0.05) is 0 Å². The van der Waals surface area contributed by atoms with Crippen LogP contribution in [-0.4, -0.2) is 22.1 Å². The normalized spacial score (nSPS) is 11.4. The molecule has 0 fully saturated rings. The van der Waals surface area contributed by atoms with Gasteiger partial charge in [0, 0.05) is 36.9 Å². The van der Waals surface area contributed by atoms with Crippen molar-refractivity contribution in [2.75, 3.05) is 6.54 Å². The van der Waals surface area contributed by atoms with Crippen LogP contribution >= 0.6 is 0 Å². The van der Waals surface area contributed by atoms with Gasteiger partial charge in [-0.3, -0.25) is 9.97 Å². The Morgan fingerprint density at radius 1 is 0.833 bits per heavy atom. The van der Waals surface area contributed by atoms with Gasteiger partial charge in [-0.2, -0.15) is 0 Å². The number of nitrogens with zero attached hydrogens (tertiary/aromatic N) is 2. The Labute approximate surface area is 107 Å². The van der Waals surface area contributed by atoms with E-state index < -0.39 is 5.54 Å². The monoisotopic (exact) mass is 242 g/mol. The minimum atomic E-state index is -0.428. The molecule has 0 saturated heterocycles. The molecule has 2 rings (SSSR count). The Kier molecular flexibility index (Phi) is 4.02. The fourth-order valence-electron chi connectivity index (χ4n) is 2.02. The third kappa shape index (κ3) is 3.35. The fraction of sp³-hybridized carbons (Fsp3) is 0.286. The second-order valence-electron chi connectivity index (χ2n) is 4.63. The molecule has 0 bridgehead atoms. The van der Waals surface area contributed by atoms with Crippen LogP contribution in [0.5, 0.6) is 0 Å². The highest BCUT2D eigenvalue weighted by Crippen LogP contribution is 2.15. The lowest BCUT2D eigenvalue weighted by atomic mass is 9.86. The van der Waals surface area contributed by atoms with Crippen LogP contribution in [0.2, 0.25) is 0 Å². The number of pyridine rings is 2. The Balaban J connectivity index is 2.11. The van der Waals surface area contributed by atoms with Gasteiger partial charge < -0.3 is 11.5 Å². The van der Waals surface area contributed by atoms with Crippen molar-refractivity contribution < 1.29 is 0 Å². The maximum atomic E-state index is 6.40. The zero-order valence-corrected chi connectivity index (χ0v) is 10.3. The van der Waals surface area contributed by atoms with Crippen LogP contribution in [-0.2, 0) is 12.8 Å². The maximum absolute atomic E-state index is 6.40. The summed E-state index contributed by atoms with van der Waals surface area (Å²) in [6.45, 7) is 0.442. The van der Waals surface area contributed by atoms with Gasteiger partial charge in [0.2, 0.25) is 0 Å². The van der Waals surface area contributed by atoms with E-state index in [0.717, 1.165) is 24.0 Å². The molecule has 2 aromatic rings. The summed E-state index contributed by atoms with van der Waals surface area (Å²) in [5, 5.41) is 0. The quantitative estimate of drug-likeness (QED) is 0.817. The van der Waals surface area contributed by atoms with Crippen LogP contribution in [0.3, 0.4) is 0 Å². The van der Waals surface area contributed by atoms with Crippen LogP contribution < -0.4 is 11.5 Å². The predicted molar refractivity (Wildman–Crippen MR) is 71.9 cm³/mol. The average molecular weight is 242 g/mol. The molecule has 4 N–H and O–H groups in total. The molecule has 4 nitrogen and oxygen atoms in total. The van der Waals surface area contributed by atoms with Crippen LogP contribution in [0.15, 0.2) is 49.1 Å². The molecule has 2 aromatic heterocycles. The van der Waals surface area contributed by atoms with E-state index in [0.29, 0.717) is 6.54 Å². The molecular formula is C14H18N4. The topological polar surface area (TPSA) is 77.8 Å². The molecule has 2 heterocycles. The van der Waals surface area contributed by atoms with E-state index in [2.05, 4.69) is 9.97 Å². The third-order valence-corrected chi connectivity index (χ3v) is 3.02. The van der Waals surface area contributed by atoms with Crippen molar-refractivity contribution in [3.8, 4) is 0 Å². The molecule has 0 spiro atoms. The second kappa shape index (κ2) is 5.71. The van der Waals surface area contributed by atoms with Crippen molar-refractivity contribution in [2.24, 2.45) is 11.5 Å². The fourth-order valence-corrected chi connectivity index (χ4v) is 2.02. The molecule has 0 aliphatic heterocycles. The summed E-state index contributed by atoms with van der Waals surface area (Å²) in [5.41, 5.74) is 14.1. The van der Waals surface area contributed by atoms with Gasteiger partial charge in [0.15, 0.2) is 0 Å². The van der Waals surface area contributed by atoms with Gasteiger partial charge in [0.05, 0.1) is 0 Å². The van der Waals surface area contributed by atoms with Gasteiger partial charge in [-0.25, -0.2) is 0 Å². The molecule has 4 heteroatoms. The van der Waals surface area contributed by atoms with Crippen molar-refractivity contribution in [1.82, 2.24) is 9.97 Å². The van der Waals surface area contributed by atoms with Crippen LogP contribution in [0.4, 0.5) is 0 Å². The van der Waals surface area contributed by atoms with E-state index in [-0.39, 0.29) is 0 Å². The summed E-state index contributed by atoms with van der Waals surface area (Å²) in [7, 11) is 0. The van der Waals surface area contributed by atoms with Crippen molar-refractivity contribution >= 4 is 0 Å². The lowest BCUT2D eigenvalue weighted by Crippen LogP contribution is -2.50. The second-order valence-corrected chi connectivity index (χ2v) is 4.63. The molecule has 94 valence electrons. The molecule has 0 aliphatic carbocycles. The largest absolute Gasteiger partial charge is 0.329 e. The summed E-state index contributed by atoms with van der Waals surface area (Å²) in [4.78, 5) is 8.01. The molecule has 0 unspecified atom stereocenters. The Morgan fingerprint density at radius 3 is 1.56 bits per heavy atom. The van der Waals surface area contributed by atoms with Crippen molar-refractivity contribution in [3.63, 3.8) is 0 Å². The molecule has 0 radical (unpaired) electrons. The van der Waals surface area contributed by atoms with E-state index in [1.807, 2.05) is 24.3 Å². The highest BCUT2D eigenvalue weighted by atomic mass is 14.8. The van der Waals surface area contributed by atoms with Crippen LogP contribution in [0.1, 0.15) is 11.1 Å². The lowest BCUT2D eigenvalue weighted by molar-refractivity contribution is 0.429. The van der Waals surface area contributed by atoms with Crippen molar-refractivity contribution in [1.29, 1.82) is 0 Å². The first-order valence-electron chi connectivity index (χ1n) is 5.99. The smallest absolute Gasteiger partial charge is 0.0360 e. The number of rotatable bonds is 5. The number of hydrogen-bond acceptors (Lipinski definition) is 4. The Hall–Kier alpha value is -1.78. The van der Waals surface area contributed by atoms with Crippen LogP contribution in [0.25, 0.3) is 0 Å². The first-order chi connectivity index (χ1) is 8.72. The lowest BCUT2D eigenvalue weighted by Gasteiger charge is -2.28. The standard InChI is InChI=1S/C14H18N4/c15-11-14(16,9-12-1-5-17-6-2-12)10-13-3-7-18-8-4-13/h1-8H,9-11,15-16H2. The number of aromatic nitrogens is 2. The molecular weight excluding hydrogens is 224 g/mol. The predicted octanol–water partition coefficient (Wildman–Crippen LogP) is 0.918. The van der Waals surface area contributed by atoms with E-state index in [1.165, 1.54) is 0 Å². The van der Waals surface area contributed by atoms with Crippen molar-refractivity contribution in [2.45, 2.75) is 18.4 Å². The van der Waals surface area contributed by atoms with Gasteiger partial charge in [-0.15, -0.1) is 0 Å². The summed E-state index contributed by atoms with van der Waals surface area (Å²) < 4.78 is 0. The Morgan fingerprint density at radius 2 is 1.22 bits per heavy atom. The molecule has 0 saturated carbocycles. The van der Waals surface area contributed by atoms with Crippen molar-refractivity contribution in [3.05, 3.63) is 60.2 Å². The van der Waals surface area contributed by atoms with Gasteiger partial charge >= 0.3 is 0 Å². The summed E-state index contributed by atoms with van der Waals surface area (Å²) in [6.07, 6.45) is 8.59. The number of hydrogen-bond donors (Lipinski definition) is 2. The van der Waals surface area contributed by atoms with E-state index >= 15 is 0 Å². The summed E-state index contributed by atoms with van der Waals surface area (Å²) in [5.74, 6) is 0. The SMILES string of the molecule is NCC(N)(Cc1ccncc1)Cc1ccncc1. The molecule has 0 aromatic carbocycles. The van der Waals surface area contributed by atoms with E-state index in [9.17, 15) is 0 Å². The molecule has 0 aliphatic rings. The first kappa shape index (κ1) is 12.7. The highest BCUT2D eigenvalue weighted by Gasteiger charge is 2.24. The molecule has 0 amide bonds. The minimum Gasteiger partial charge on any atom is -0.329 e. The van der Waals surface area contributed by atoms with E-state index in [4.69, 9.17) is 11.5 Å². The maximum Gasteiger partial charge on any atom is 0.0360 e. The van der Waals surface area contributed by atoms with E-state index in [1.54, 1.807) is 24.8 Å². The first-order valence-corrected chi connectivity index (χ1v) is 5.99. The van der Waals surface area contributed by atoms with Gasteiger partial charge in [0.1, 0.15) is 0 Å². The zero-order valence-electron chi connectivity index (χ0n) is 10.3. The molecule has 0 atom stereocenters. The Bertz CT molecular complexity index is 428. The summed E-state index contributed by atoms with van der Waals surface area (Å²) >= 11 is 0. The third-order valence-electron chi connectivity index (χ3n) is 3.02. The highest BCUT2D eigenvalue weighted by molar-refractivity contribution is 5.19. The van der Waals surface area contributed by atoms with Gasteiger partial charge in [0.25, 0.3) is 0 Å². The average Bonchev–Trinajstić information content (AvgIpc) is 2.41. The molecule has 18 heavy (non-hydrogen) atoms. The van der Waals surface area contributed by atoms with Crippen LogP contribution in [0, 0.1) is 0 Å². The zero-order chi connectivity index (χ0) is 12.8.